The Bertz CT molecular complexity index is 1170. The van der Waals surface area contributed by atoms with Crippen LogP contribution < -0.4 is 16.6 Å². The second kappa shape index (κ2) is 9.22. The molecule has 0 radical (unpaired) electrons. The maximum absolute atomic E-state index is 14.5. The van der Waals surface area contributed by atoms with Crippen molar-refractivity contribution in [2.75, 3.05) is 18.4 Å². The van der Waals surface area contributed by atoms with E-state index in [4.69, 9.17) is 16.9 Å². The smallest absolute Gasteiger partial charge is 0.324 e. The Morgan fingerprint density at radius 2 is 1.94 bits per heavy atom. The van der Waals surface area contributed by atoms with Gasteiger partial charge in [-0.2, -0.15) is 18.4 Å². The van der Waals surface area contributed by atoms with E-state index in [1.165, 1.54) is 4.90 Å². The van der Waals surface area contributed by atoms with Crippen molar-refractivity contribution in [3.63, 3.8) is 0 Å². The number of hydrogen-bond donors (Lipinski definition) is 1. The van der Waals surface area contributed by atoms with Crippen LogP contribution >= 0.6 is 11.6 Å². The fourth-order valence-corrected chi connectivity index (χ4v) is 2.90. The van der Waals surface area contributed by atoms with E-state index < -0.39 is 40.7 Å². The minimum absolute atomic E-state index is 0.0562. The molecule has 31 heavy (non-hydrogen) atoms. The number of halogens is 5. The van der Waals surface area contributed by atoms with Crippen molar-refractivity contribution in [2.45, 2.75) is 19.5 Å². The molecule has 2 rings (SSSR count). The molecule has 8 nitrogen and oxygen atoms in total. The monoisotopic (exact) mass is 461 g/mol. The molecule has 0 aliphatic heterocycles. The van der Waals surface area contributed by atoms with Gasteiger partial charge in [-0.05, 0) is 19.1 Å². The summed E-state index contributed by atoms with van der Waals surface area (Å²) >= 11 is 5.94. The summed E-state index contributed by atoms with van der Waals surface area (Å²) in [6, 6.07) is 2.93. The largest absolute Gasteiger partial charge is 0.431 e. The van der Waals surface area contributed by atoms with E-state index >= 15 is 0 Å². The number of nitriles is 1. The van der Waals surface area contributed by atoms with Crippen LogP contribution in [0.5, 0.6) is 0 Å². The number of urea groups is 1. The van der Waals surface area contributed by atoms with Gasteiger partial charge >= 0.3 is 17.9 Å². The number of aromatic nitrogens is 2. The van der Waals surface area contributed by atoms with Crippen LogP contribution in [-0.2, 0) is 13.2 Å². The van der Waals surface area contributed by atoms with Crippen LogP contribution in [0.4, 0.5) is 28.0 Å². The third kappa shape index (κ3) is 5.05. The van der Waals surface area contributed by atoms with Gasteiger partial charge < -0.3 is 10.2 Å². The second-order valence-corrected chi connectivity index (χ2v) is 6.65. The fraction of sp³-hybridized carbons (Fsp3) is 0.333. The van der Waals surface area contributed by atoms with Crippen LogP contribution in [0.3, 0.4) is 0 Å². The van der Waals surface area contributed by atoms with E-state index in [-0.39, 0.29) is 45.4 Å². The number of anilines is 1. The molecule has 0 unspecified atom stereocenters. The van der Waals surface area contributed by atoms with Gasteiger partial charge in [0.15, 0.2) is 0 Å². The first-order valence-corrected chi connectivity index (χ1v) is 9.12. The molecular formula is C18H16ClF4N5O3. The van der Waals surface area contributed by atoms with Crippen LogP contribution in [0, 0.1) is 17.1 Å². The standard InChI is InChI=1S/C18H16ClF4N5O3/c1-3-27(6-4-5-24)16(30)25-12-8-13(11(20)7-10(12)19)28-15(29)9-14(18(21,22)23)26(2)17(28)31/h7-9H,3-4,6H2,1-2H3,(H,25,30). The molecule has 0 saturated heterocycles. The molecule has 13 heteroatoms. The van der Waals surface area contributed by atoms with E-state index in [0.717, 1.165) is 13.1 Å². The van der Waals surface area contributed by atoms with Gasteiger partial charge in [0.25, 0.3) is 5.56 Å². The first-order chi connectivity index (χ1) is 14.4. The number of carbonyl (C=O) groups is 1. The summed E-state index contributed by atoms with van der Waals surface area (Å²) in [5, 5.41) is 10.8. The lowest BCUT2D eigenvalue weighted by atomic mass is 10.2. The van der Waals surface area contributed by atoms with Crippen molar-refractivity contribution >= 4 is 23.3 Å². The molecule has 1 aromatic carbocycles. The molecule has 0 aliphatic carbocycles. The van der Waals surface area contributed by atoms with Gasteiger partial charge in [-0.15, -0.1) is 0 Å². The molecule has 1 N–H and O–H groups in total. The van der Waals surface area contributed by atoms with Crippen molar-refractivity contribution < 1.29 is 22.4 Å². The Kier molecular flexibility index (Phi) is 7.12. The Labute approximate surface area is 177 Å². The molecule has 166 valence electrons. The number of hydrogen-bond acceptors (Lipinski definition) is 4. The maximum atomic E-state index is 14.5. The molecule has 0 bridgehead atoms. The average molecular weight is 462 g/mol. The van der Waals surface area contributed by atoms with E-state index in [1.54, 1.807) is 6.92 Å². The summed E-state index contributed by atoms with van der Waals surface area (Å²) in [5.74, 6) is -1.17. The normalized spacial score (nSPS) is 11.2. The Balaban J connectivity index is 2.58. The van der Waals surface area contributed by atoms with Crippen molar-refractivity contribution in [1.82, 2.24) is 14.0 Å². The molecule has 1 aromatic heterocycles. The first-order valence-electron chi connectivity index (χ1n) is 8.74. The molecule has 0 atom stereocenters. The van der Waals surface area contributed by atoms with Crippen LogP contribution in [0.1, 0.15) is 19.0 Å². The van der Waals surface area contributed by atoms with Gasteiger partial charge in [0.05, 0.1) is 28.9 Å². The van der Waals surface area contributed by atoms with Crippen molar-refractivity contribution in [3.8, 4) is 11.8 Å². The summed E-state index contributed by atoms with van der Waals surface area (Å²) in [6.07, 6.45) is -4.92. The number of rotatable bonds is 5. The Hall–Kier alpha value is -3.33. The summed E-state index contributed by atoms with van der Waals surface area (Å²) in [6.45, 7) is 1.99. The van der Waals surface area contributed by atoms with Crippen LogP contribution in [0.15, 0.2) is 27.8 Å². The number of amides is 2. The molecule has 0 saturated carbocycles. The first kappa shape index (κ1) is 23.9. The van der Waals surface area contributed by atoms with Crippen LogP contribution in [0.2, 0.25) is 5.02 Å². The predicted molar refractivity (Wildman–Crippen MR) is 104 cm³/mol. The van der Waals surface area contributed by atoms with E-state index in [1.807, 2.05) is 6.07 Å². The third-order valence-corrected chi connectivity index (χ3v) is 4.60. The second-order valence-electron chi connectivity index (χ2n) is 6.24. The number of alkyl halides is 3. The van der Waals surface area contributed by atoms with Gasteiger partial charge in [0.1, 0.15) is 11.5 Å². The fourth-order valence-electron chi connectivity index (χ4n) is 2.71. The summed E-state index contributed by atoms with van der Waals surface area (Å²) < 4.78 is 53.9. The number of benzene rings is 1. The van der Waals surface area contributed by atoms with Crippen LogP contribution in [-0.4, -0.2) is 33.2 Å². The van der Waals surface area contributed by atoms with Crippen molar-refractivity contribution in [3.05, 3.63) is 55.6 Å². The van der Waals surface area contributed by atoms with Gasteiger partial charge in [-0.1, -0.05) is 11.6 Å². The topological polar surface area (TPSA) is 100 Å². The third-order valence-electron chi connectivity index (χ3n) is 4.29. The van der Waals surface area contributed by atoms with Gasteiger partial charge in [0, 0.05) is 26.2 Å². The lowest BCUT2D eigenvalue weighted by Crippen LogP contribution is -2.41. The van der Waals surface area contributed by atoms with Gasteiger partial charge in [-0.3, -0.25) is 9.36 Å². The zero-order chi connectivity index (χ0) is 23.5. The molecule has 1 heterocycles. The molecule has 0 fully saturated rings. The van der Waals surface area contributed by atoms with E-state index in [0.29, 0.717) is 6.07 Å². The Morgan fingerprint density at radius 3 is 2.48 bits per heavy atom. The van der Waals surface area contributed by atoms with E-state index in [2.05, 4.69) is 5.32 Å². The lowest BCUT2D eigenvalue weighted by Gasteiger charge is -2.21. The number of carbonyl (C=O) groups excluding carboxylic acids is 1. The van der Waals surface area contributed by atoms with Crippen molar-refractivity contribution in [2.24, 2.45) is 7.05 Å². The molecule has 2 aromatic rings. The molecular weight excluding hydrogens is 446 g/mol. The summed E-state index contributed by atoms with van der Waals surface area (Å²) in [7, 11) is 0.784. The highest BCUT2D eigenvalue weighted by molar-refractivity contribution is 6.33. The zero-order valence-corrected chi connectivity index (χ0v) is 17.0. The molecule has 2 amide bonds. The average Bonchev–Trinajstić information content (AvgIpc) is 2.67. The zero-order valence-electron chi connectivity index (χ0n) is 16.3. The summed E-state index contributed by atoms with van der Waals surface area (Å²) in [4.78, 5) is 38.3. The molecule has 0 spiro atoms. The molecule has 0 aliphatic rings. The highest BCUT2D eigenvalue weighted by Crippen LogP contribution is 2.29. The maximum Gasteiger partial charge on any atom is 0.431 e. The minimum Gasteiger partial charge on any atom is -0.324 e. The van der Waals surface area contributed by atoms with E-state index in [9.17, 15) is 31.9 Å². The minimum atomic E-state index is -4.98. The van der Waals surface area contributed by atoms with Gasteiger partial charge in [-0.25, -0.2) is 18.5 Å². The highest BCUT2D eigenvalue weighted by atomic mass is 35.5. The number of nitrogens with zero attached hydrogens (tertiary/aromatic N) is 4. The quantitative estimate of drug-likeness (QED) is 0.691. The van der Waals surface area contributed by atoms with Crippen molar-refractivity contribution in [1.29, 1.82) is 5.26 Å². The Morgan fingerprint density at radius 1 is 1.29 bits per heavy atom. The summed E-state index contributed by atoms with van der Waals surface area (Å²) in [5.41, 5.74) is -5.25. The SMILES string of the molecule is CCN(CCC#N)C(=O)Nc1cc(-n2c(=O)cc(C(F)(F)F)n(C)c2=O)c(F)cc1Cl. The number of nitrogens with one attached hydrogen (secondary N) is 1. The highest BCUT2D eigenvalue weighted by Gasteiger charge is 2.35. The predicted octanol–water partition coefficient (Wildman–Crippen LogP) is 3.11. The lowest BCUT2D eigenvalue weighted by molar-refractivity contribution is -0.144. The van der Waals surface area contributed by atoms with Gasteiger partial charge in [0.2, 0.25) is 0 Å². The van der Waals surface area contributed by atoms with Crippen LogP contribution in [0.25, 0.3) is 5.69 Å².